The predicted molar refractivity (Wildman–Crippen MR) is 151 cm³/mol. The molecule has 0 spiro atoms. The second-order valence-electron chi connectivity index (χ2n) is 8.93. The highest BCUT2D eigenvalue weighted by Crippen LogP contribution is 2.45. The SMILES string of the molecule is CCCCS(=O)(=O)Nc1ccc2c(c1)c(-c1ccccc1OC)c(OC(=O)O)n2Cc1ccc2nsnc2c1. The van der Waals surface area contributed by atoms with E-state index in [1.54, 1.807) is 34.9 Å². The molecule has 39 heavy (non-hydrogen) atoms. The average Bonchev–Trinajstić information content (AvgIpc) is 3.49. The van der Waals surface area contributed by atoms with E-state index in [0.29, 0.717) is 39.9 Å². The quantitative estimate of drug-likeness (QED) is 0.198. The molecule has 2 heterocycles. The van der Waals surface area contributed by atoms with Crippen molar-refractivity contribution in [3.8, 4) is 22.8 Å². The first kappa shape index (κ1) is 26.4. The molecule has 0 amide bonds. The van der Waals surface area contributed by atoms with Gasteiger partial charge in [0.15, 0.2) is 0 Å². The van der Waals surface area contributed by atoms with Crippen LogP contribution < -0.4 is 14.2 Å². The van der Waals surface area contributed by atoms with Crippen molar-refractivity contribution in [2.45, 2.75) is 26.3 Å². The maximum absolute atomic E-state index is 12.6. The molecule has 0 aliphatic heterocycles. The molecule has 202 valence electrons. The van der Waals surface area contributed by atoms with Gasteiger partial charge in [-0.2, -0.15) is 8.75 Å². The minimum atomic E-state index is -3.56. The number of ether oxygens (including phenoxy) is 2. The van der Waals surface area contributed by atoms with Gasteiger partial charge in [0.25, 0.3) is 0 Å². The van der Waals surface area contributed by atoms with Gasteiger partial charge in [0.05, 0.1) is 42.2 Å². The molecule has 0 unspecified atom stereocenters. The second-order valence-corrected chi connectivity index (χ2v) is 11.3. The van der Waals surface area contributed by atoms with Gasteiger partial charge in [-0.3, -0.25) is 4.72 Å². The van der Waals surface area contributed by atoms with Crippen molar-refractivity contribution in [1.29, 1.82) is 0 Å². The molecular formula is C27H26N4O6S2. The number of sulfonamides is 1. The lowest BCUT2D eigenvalue weighted by molar-refractivity contribution is 0.141. The summed E-state index contributed by atoms with van der Waals surface area (Å²) < 4.78 is 49.3. The Labute approximate surface area is 229 Å². The van der Waals surface area contributed by atoms with Gasteiger partial charge < -0.3 is 19.1 Å². The lowest BCUT2D eigenvalue weighted by atomic mass is 10.0. The zero-order valence-corrected chi connectivity index (χ0v) is 22.9. The number of fused-ring (bicyclic) bond motifs is 2. The van der Waals surface area contributed by atoms with Crippen LogP contribution in [0.5, 0.6) is 11.6 Å². The first-order valence-electron chi connectivity index (χ1n) is 12.2. The fourth-order valence-corrected chi connectivity index (χ4v) is 6.30. The van der Waals surface area contributed by atoms with E-state index < -0.39 is 16.2 Å². The molecule has 0 saturated heterocycles. The van der Waals surface area contributed by atoms with Gasteiger partial charge in [0.1, 0.15) is 16.8 Å². The Morgan fingerprint density at radius 1 is 1.08 bits per heavy atom. The Hall–Kier alpha value is -4.16. The van der Waals surface area contributed by atoms with Crippen LogP contribution in [0.4, 0.5) is 10.5 Å². The molecule has 2 aromatic heterocycles. The topological polar surface area (TPSA) is 133 Å². The summed E-state index contributed by atoms with van der Waals surface area (Å²) in [4.78, 5) is 11.9. The maximum atomic E-state index is 12.6. The Bertz CT molecular complexity index is 1780. The van der Waals surface area contributed by atoms with Gasteiger partial charge in [-0.25, -0.2) is 13.2 Å². The lowest BCUT2D eigenvalue weighted by Gasteiger charge is -2.12. The third-order valence-corrected chi connectivity index (χ3v) is 8.20. The van der Waals surface area contributed by atoms with Gasteiger partial charge in [-0.1, -0.05) is 37.6 Å². The van der Waals surface area contributed by atoms with Crippen molar-refractivity contribution >= 4 is 55.5 Å². The number of carboxylic acid groups (broad SMARTS) is 1. The number of hydrogen-bond acceptors (Lipinski definition) is 8. The molecule has 0 aliphatic rings. The summed E-state index contributed by atoms with van der Waals surface area (Å²) >= 11 is 1.12. The van der Waals surface area contributed by atoms with Crippen LogP contribution in [0.15, 0.2) is 60.7 Å². The number of carbonyl (C=O) groups is 1. The summed E-state index contributed by atoms with van der Waals surface area (Å²) in [5.74, 6) is 0.601. The number of para-hydroxylation sites is 1. The first-order valence-corrected chi connectivity index (χ1v) is 14.6. The van der Waals surface area contributed by atoms with Crippen molar-refractivity contribution in [3.05, 3.63) is 66.2 Å². The third-order valence-electron chi connectivity index (χ3n) is 6.27. The van der Waals surface area contributed by atoms with Crippen molar-refractivity contribution in [3.63, 3.8) is 0 Å². The van der Waals surface area contributed by atoms with Crippen LogP contribution in [-0.2, 0) is 16.6 Å². The van der Waals surface area contributed by atoms with Crippen LogP contribution in [0.1, 0.15) is 25.3 Å². The van der Waals surface area contributed by atoms with Crippen LogP contribution in [0.2, 0.25) is 0 Å². The van der Waals surface area contributed by atoms with Crippen molar-refractivity contribution in [2.75, 3.05) is 17.6 Å². The zero-order chi connectivity index (χ0) is 27.6. The predicted octanol–water partition coefficient (Wildman–Crippen LogP) is 5.97. The molecule has 3 aromatic carbocycles. The molecule has 0 saturated carbocycles. The van der Waals surface area contributed by atoms with Crippen LogP contribution in [0.25, 0.3) is 33.1 Å². The fourth-order valence-electron chi connectivity index (χ4n) is 4.53. The van der Waals surface area contributed by atoms with E-state index in [1.165, 1.54) is 7.11 Å². The number of nitrogens with one attached hydrogen (secondary N) is 1. The van der Waals surface area contributed by atoms with E-state index in [0.717, 1.165) is 34.7 Å². The standard InChI is InChI=1S/C27H26N4O6S2/c1-3-4-13-39(34,35)30-18-10-12-23-20(15-18)25(19-7-5-6-8-24(19)36-2)26(37-27(32)33)31(23)16-17-9-11-21-22(14-17)29-38-28-21/h5-12,14-15,30H,3-4,13,16H2,1-2H3,(H,32,33). The number of benzene rings is 3. The molecule has 2 N–H and O–H groups in total. The number of anilines is 1. The molecule has 0 radical (unpaired) electrons. The van der Waals surface area contributed by atoms with Crippen LogP contribution in [0.3, 0.4) is 0 Å². The fraction of sp³-hybridized carbons (Fsp3) is 0.222. The Morgan fingerprint density at radius 2 is 1.87 bits per heavy atom. The normalized spacial score (nSPS) is 11.6. The summed E-state index contributed by atoms with van der Waals surface area (Å²) in [6.07, 6.45) is -0.190. The molecule has 5 aromatic rings. The minimum Gasteiger partial charge on any atom is -0.496 e. The number of rotatable bonds is 10. The minimum absolute atomic E-state index is 0.00322. The summed E-state index contributed by atoms with van der Waals surface area (Å²) in [6.45, 7) is 2.19. The first-order chi connectivity index (χ1) is 18.8. The number of unbranched alkanes of at least 4 members (excludes halogenated alkanes) is 1. The number of hydrogen-bond donors (Lipinski definition) is 2. The van der Waals surface area contributed by atoms with Crippen LogP contribution in [-0.4, -0.2) is 45.9 Å². The van der Waals surface area contributed by atoms with Gasteiger partial charge >= 0.3 is 6.16 Å². The summed E-state index contributed by atoms with van der Waals surface area (Å²) in [7, 11) is -2.03. The average molecular weight is 567 g/mol. The zero-order valence-electron chi connectivity index (χ0n) is 21.2. The second kappa shape index (κ2) is 10.9. The summed E-state index contributed by atoms with van der Waals surface area (Å²) in [6, 6.07) is 18.0. The molecule has 0 fully saturated rings. The molecule has 0 atom stereocenters. The number of aromatic nitrogens is 3. The highest BCUT2D eigenvalue weighted by Gasteiger charge is 2.25. The van der Waals surface area contributed by atoms with Gasteiger partial charge in [0.2, 0.25) is 15.9 Å². The van der Waals surface area contributed by atoms with Crippen molar-refractivity contribution in [1.82, 2.24) is 13.3 Å². The van der Waals surface area contributed by atoms with Gasteiger partial charge in [-0.05, 0) is 48.4 Å². The van der Waals surface area contributed by atoms with E-state index >= 15 is 0 Å². The molecule has 5 rings (SSSR count). The third kappa shape index (κ3) is 5.52. The maximum Gasteiger partial charge on any atom is 0.512 e. The Morgan fingerprint density at radius 3 is 2.64 bits per heavy atom. The molecule has 0 bridgehead atoms. The summed E-state index contributed by atoms with van der Waals surface area (Å²) in [5.41, 5.74) is 4.46. The number of nitrogens with zero attached hydrogens (tertiary/aromatic N) is 3. The molecule has 0 aliphatic carbocycles. The molecular weight excluding hydrogens is 540 g/mol. The highest BCUT2D eigenvalue weighted by molar-refractivity contribution is 7.92. The smallest absolute Gasteiger partial charge is 0.496 e. The van der Waals surface area contributed by atoms with E-state index in [2.05, 4.69) is 13.5 Å². The van der Waals surface area contributed by atoms with E-state index in [1.807, 2.05) is 37.3 Å². The lowest BCUT2D eigenvalue weighted by Crippen LogP contribution is -2.16. The van der Waals surface area contributed by atoms with E-state index in [9.17, 15) is 18.3 Å². The molecule has 12 heteroatoms. The molecule has 10 nitrogen and oxygen atoms in total. The Balaban J connectivity index is 1.73. The number of methoxy groups -OCH3 is 1. The highest BCUT2D eigenvalue weighted by atomic mass is 32.2. The van der Waals surface area contributed by atoms with Crippen LogP contribution >= 0.6 is 11.7 Å². The van der Waals surface area contributed by atoms with E-state index in [4.69, 9.17) is 9.47 Å². The van der Waals surface area contributed by atoms with Crippen molar-refractivity contribution < 1.29 is 27.8 Å². The summed E-state index contributed by atoms with van der Waals surface area (Å²) in [5, 5.41) is 10.3. The van der Waals surface area contributed by atoms with Gasteiger partial charge in [-0.15, -0.1) is 0 Å². The van der Waals surface area contributed by atoms with E-state index in [-0.39, 0.29) is 18.2 Å². The monoisotopic (exact) mass is 566 g/mol. The van der Waals surface area contributed by atoms with Gasteiger partial charge in [0, 0.05) is 16.6 Å². The largest absolute Gasteiger partial charge is 0.512 e. The van der Waals surface area contributed by atoms with Crippen molar-refractivity contribution in [2.24, 2.45) is 0 Å². The Kier molecular flexibility index (Phi) is 7.40. The van der Waals surface area contributed by atoms with Crippen LogP contribution in [0, 0.1) is 0 Å².